The average Bonchev–Trinajstić information content (AvgIpc) is 2.43. The zero-order chi connectivity index (χ0) is 12.4. The van der Waals surface area contributed by atoms with Gasteiger partial charge in [-0.15, -0.1) is 0 Å². The third-order valence-electron chi connectivity index (χ3n) is 2.58. The van der Waals surface area contributed by atoms with Gasteiger partial charge in [0.2, 0.25) is 0 Å². The molecule has 0 amide bonds. The first kappa shape index (κ1) is 11.0. The standard InChI is InChI=1S/C14H11N3S/c15-12-9-17-14-11(7-4-8-16-14)13(12)18-10-5-2-1-3-6-10/h1-9H,15H2. The molecule has 3 nitrogen and oxygen atoms in total. The van der Waals surface area contributed by atoms with Gasteiger partial charge in [-0.3, -0.25) is 0 Å². The monoisotopic (exact) mass is 253 g/mol. The van der Waals surface area contributed by atoms with E-state index in [0.717, 1.165) is 20.8 Å². The van der Waals surface area contributed by atoms with Crippen molar-refractivity contribution in [1.82, 2.24) is 9.97 Å². The van der Waals surface area contributed by atoms with Crippen LogP contribution < -0.4 is 5.73 Å². The van der Waals surface area contributed by atoms with Crippen molar-refractivity contribution < 1.29 is 0 Å². The van der Waals surface area contributed by atoms with E-state index in [1.165, 1.54) is 0 Å². The van der Waals surface area contributed by atoms with Gasteiger partial charge in [0.05, 0.1) is 11.9 Å². The second-order valence-corrected chi connectivity index (χ2v) is 4.92. The molecular formula is C14H11N3S. The minimum atomic E-state index is 0.685. The highest BCUT2D eigenvalue weighted by atomic mass is 32.2. The molecule has 0 unspecified atom stereocenters. The van der Waals surface area contributed by atoms with Crippen LogP contribution in [0.25, 0.3) is 11.0 Å². The SMILES string of the molecule is Nc1cnc2ncccc2c1Sc1ccccc1. The lowest BCUT2D eigenvalue weighted by Gasteiger charge is -2.08. The number of hydrogen-bond acceptors (Lipinski definition) is 4. The number of fused-ring (bicyclic) bond motifs is 1. The summed E-state index contributed by atoms with van der Waals surface area (Å²) in [7, 11) is 0. The first-order chi connectivity index (χ1) is 8.84. The fraction of sp³-hybridized carbons (Fsp3) is 0. The van der Waals surface area contributed by atoms with Crippen molar-refractivity contribution in [2.24, 2.45) is 0 Å². The molecule has 2 aromatic heterocycles. The summed E-state index contributed by atoms with van der Waals surface area (Å²) in [5, 5.41) is 0.992. The van der Waals surface area contributed by atoms with Crippen LogP contribution in [0, 0.1) is 0 Å². The number of nitrogens with two attached hydrogens (primary N) is 1. The number of hydrogen-bond donors (Lipinski definition) is 1. The number of anilines is 1. The van der Waals surface area contributed by atoms with Crippen LogP contribution in [0.15, 0.2) is 64.6 Å². The fourth-order valence-electron chi connectivity index (χ4n) is 1.74. The molecule has 3 aromatic rings. The van der Waals surface area contributed by atoms with Crippen LogP contribution in [-0.2, 0) is 0 Å². The highest BCUT2D eigenvalue weighted by molar-refractivity contribution is 7.99. The molecule has 3 rings (SSSR count). The Balaban J connectivity index is 2.13. The van der Waals surface area contributed by atoms with Crippen LogP contribution in [0.1, 0.15) is 0 Å². The molecule has 0 fully saturated rings. The molecule has 18 heavy (non-hydrogen) atoms. The molecule has 0 radical (unpaired) electrons. The summed E-state index contributed by atoms with van der Waals surface area (Å²) in [5.41, 5.74) is 7.43. The van der Waals surface area contributed by atoms with E-state index in [1.54, 1.807) is 24.2 Å². The number of nitrogens with zero attached hydrogens (tertiary/aromatic N) is 2. The number of rotatable bonds is 2. The maximum Gasteiger partial charge on any atom is 0.160 e. The molecule has 0 spiro atoms. The van der Waals surface area contributed by atoms with E-state index in [4.69, 9.17) is 5.73 Å². The summed E-state index contributed by atoms with van der Waals surface area (Å²) in [5.74, 6) is 0. The average molecular weight is 253 g/mol. The Morgan fingerprint density at radius 3 is 2.61 bits per heavy atom. The van der Waals surface area contributed by atoms with Gasteiger partial charge < -0.3 is 5.73 Å². The van der Waals surface area contributed by atoms with Gasteiger partial charge in [0.15, 0.2) is 5.65 Å². The molecule has 0 aliphatic heterocycles. The summed E-state index contributed by atoms with van der Waals surface area (Å²) in [6, 6.07) is 14.1. The molecule has 0 atom stereocenters. The van der Waals surface area contributed by atoms with Gasteiger partial charge in [-0.2, -0.15) is 0 Å². The Kier molecular flexibility index (Phi) is 2.86. The van der Waals surface area contributed by atoms with Crippen molar-refractivity contribution in [2.45, 2.75) is 9.79 Å². The summed E-state index contributed by atoms with van der Waals surface area (Å²) in [4.78, 5) is 10.6. The Labute approximate surface area is 109 Å². The van der Waals surface area contributed by atoms with E-state index in [9.17, 15) is 0 Å². The van der Waals surface area contributed by atoms with Gasteiger partial charge in [-0.05, 0) is 24.3 Å². The number of benzene rings is 1. The van der Waals surface area contributed by atoms with Gasteiger partial charge in [0, 0.05) is 21.4 Å². The molecule has 1 aromatic carbocycles. The Bertz CT molecular complexity index is 683. The lowest BCUT2D eigenvalue weighted by molar-refractivity contribution is 1.26. The Morgan fingerprint density at radius 2 is 1.78 bits per heavy atom. The predicted octanol–water partition coefficient (Wildman–Crippen LogP) is 3.36. The predicted molar refractivity (Wildman–Crippen MR) is 74.5 cm³/mol. The van der Waals surface area contributed by atoms with Crippen molar-refractivity contribution in [3.8, 4) is 0 Å². The van der Waals surface area contributed by atoms with Gasteiger partial charge in [0.1, 0.15) is 0 Å². The molecule has 0 aliphatic rings. The molecule has 2 heterocycles. The van der Waals surface area contributed by atoms with E-state index in [1.807, 2.05) is 30.3 Å². The summed E-state index contributed by atoms with van der Waals surface area (Å²) in [6.45, 7) is 0. The first-order valence-electron chi connectivity index (χ1n) is 5.57. The molecule has 4 heteroatoms. The van der Waals surface area contributed by atoms with Crippen LogP contribution in [-0.4, -0.2) is 9.97 Å². The zero-order valence-electron chi connectivity index (χ0n) is 9.58. The third-order valence-corrected chi connectivity index (χ3v) is 3.75. The largest absolute Gasteiger partial charge is 0.397 e. The Hall–Kier alpha value is -2.07. The van der Waals surface area contributed by atoms with E-state index in [0.29, 0.717) is 5.69 Å². The van der Waals surface area contributed by atoms with Gasteiger partial charge in [-0.1, -0.05) is 30.0 Å². The van der Waals surface area contributed by atoms with Crippen LogP contribution in [0.3, 0.4) is 0 Å². The minimum Gasteiger partial charge on any atom is -0.397 e. The summed E-state index contributed by atoms with van der Waals surface area (Å²) in [6.07, 6.45) is 3.41. The quantitative estimate of drug-likeness (QED) is 0.760. The lowest BCUT2D eigenvalue weighted by atomic mass is 10.3. The molecule has 2 N–H and O–H groups in total. The topological polar surface area (TPSA) is 51.8 Å². The number of nitrogen functional groups attached to an aromatic ring is 1. The molecule has 0 saturated carbocycles. The van der Waals surface area contributed by atoms with Crippen molar-refractivity contribution >= 4 is 28.5 Å². The maximum atomic E-state index is 6.02. The highest BCUT2D eigenvalue weighted by Gasteiger charge is 2.08. The lowest BCUT2D eigenvalue weighted by Crippen LogP contribution is -1.93. The fourth-order valence-corrected chi connectivity index (χ4v) is 2.71. The van der Waals surface area contributed by atoms with Crippen LogP contribution in [0.5, 0.6) is 0 Å². The maximum absolute atomic E-state index is 6.02. The van der Waals surface area contributed by atoms with Gasteiger partial charge >= 0.3 is 0 Å². The zero-order valence-corrected chi connectivity index (χ0v) is 10.4. The number of pyridine rings is 2. The molecule has 0 bridgehead atoms. The minimum absolute atomic E-state index is 0.685. The summed E-state index contributed by atoms with van der Waals surface area (Å²) >= 11 is 1.64. The highest BCUT2D eigenvalue weighted by Crippen LogP contribution is 2.36. The first-order valence-corrected chi connectivity index (χ1v) is 6.38. The van der Waals surface area contributed by atoms with E-state index >= 15 is 0 Å². The smallest absolute Gasteiger partial charge is 0.160 e. The van der Waals surface area contributed by atoms with E-state index < -0.39 is 0 Å². The molecule has 0 saturated heterocycles. The van der Waals surface area contributed by atoms with E-state index in [-0.39, 0.29) is 0 Å². The van der Waals surface area contributed by atoms with Crippen molar-refractivity contribution in [1.29, 1.82) is 0 Å². The van der Waals surface area contributed by atoms with Crippen molar-refractivity contribution in [3.05, 3.63) is 54.9 Å². The molecular weight excluding hydrogens is 242 g/mol. The van der Waals surface area contributed by atoms with Gasteiger partial charge in [0.25, 0.3) is 0 Å². The number of aromatic nitrogens is 2. The second kappa shape index (κ2) is 4.66. The molecule has 0 aliphatic carbocycles. The summed E-state index contributed by atoms with van der Waals surface area (Å²) < 4.78 is 0. The van der Waals surface area contributed by atoms with E-state index in [2.05, 4.69) is 22.1 Å². The molecule has 88 valence electrons. The third kappa shape index (κ3) is 2.02. The van der Waals surface area contributed by atoms with Crippen LogP contribution >= 0.6 is 11.8 Å². The Morgan fingerprint density at radius 1 is 0.944 bits per heavy atom. The van der Waals surface area contributed by atoms with Gasteiger partial charge in [-0.25, -0.2) is 9.97 Å². The van der Waals surface area contributed by atoms with Crippen molar-refractivity contribution in [3.63, 3.8) is 0 Å². The normalized spacial score (nSPS) is 10.7. The second-order valence-electron chi connectivity index (χ2n) is 3.83. The van der Waals surface area contributed by atoms with Crippen molar-refractivity contribution in [2.75, 3.05) is 5.73 Å². The van der Waals surface area contributed by atoms with Crippen LogP contribution in [0.2, 0.25) is 0 Å². The van der Waals surface area contributed by atoms with Crippen LogP contribution in [0.4, 0.5) is 5.69 Å².